The van der Waals surface area contributed by atoms with E-state index in [9.17, 15) is 4.79 Å². The molecule has 1 aliphatic heterocycles. The first-order chi connectivity index (χ1) is 7.20. The zero-order valence-corrected chi connectivity index (χ0v) is 9.93. The third kappa shape index (κ3) is 3.25. The summed E-state index contributed by atoms with van der Waals surface area (Å²) in [5.41, 5.74) is -0.157. The van der Waals surface area contributed by atoms with Crippen molar-refractivity contribution in [3.05, 3.63) is 12.1 Å². The maximum Gasteiger partial charge on any atom is 0.483 e. The molecule has 2 N–H and O–H groups in total. The van der Waals surface area contributed by atoms with E-state index in [1.807, 2.05) is 0 Å². The van der Waals surface area contributed by atoms with Crippen LogP contribution in [-0.4, -0.2) is 46.9 Å². The lowest BCUT2D eigenvalue weighted by atomic mass is 9.70. The lowest BCUT2D eigenvalue weighted by Crippen LogP contribution is -2.53. The van der Waals surface area contributed by atoms with Crippen molar-refractivity contribution in [3.8, 4) is 0 Å². The van der Waals surface area contributed by atoms with Crippen LogP contribution in [0.5, 0.6) is 0 Å². The van der Waals surface area contributed by atoms with E-state index in [-0.39, 0.29) is 12.0 Å². The van der Waals surface area contributed by atoms with Crippen LogP contribution in [0.1, 0.15) is 20.8 Å². The fourth-order valence-corrected chi connectivity index (χ4v) is 1.40. The molecule has 1 amide bonds. The summed E-state index contributed by atoms with van der Waals surface area (Å²) in [6.07, 6.45) is -0.371. The molecule has 16 heavy (non-hydrogen) atoms. The van der Waals surface area contributed by atoms with Crippen molar-refractivity contribution in [2.24, 2.45) is 5.92 Å². The molecule has 1 fully saturated rings. The SMILES string of the molecule is C=C(B(O)O)C1CN(C(=O)OC(C)(C)C)C1. The Morgan fingerprint density at radius 2 is 1.94 bits per heavy atom. The molecule has 0 aliphatic carbocycles. The molecule has 0 bridgehead atoms. The molecular weight excluding hydrogens is 209 g/mol. The quantitative estimate of drug-likeness (QED) is 0.671. The molecule has 1 heterocycles. The number of carbonyl (C=O) groups excluding carboxylic acids is 1. The van der Waals surface area contributed by atoms with Gasteiger partial charge in [0.25, 0.3) is 0 Å². The molecular formula is C10H18BNO4. The largest absolute Gasteiger partial charge is 0.483 e. The van der Waals surface area contributed by atoms with E-state index in [0.29, 0.717) is 18.6 Å². The molecule has 1 aliphatic rings. The Balaban J connectivity index is 2.36. The molecule has 0 aromatic carbocycles. The summed E-state index contributed by atoms with van der Waals surface area (Å²) < 4.78 is 5.16. The van der Waals surface area contributed by atoms with Gasteiger partial charge in [-0.25, -0.2) is 4.79 Å². The Kier molecular flexibility index (Phi) is 3.65. The monoisotopic (exact) mass is 227 g/mol. The molecule has 0 radical (unpaired) electrons. The van der Waals surface area contributed by atoms with Crippen LogP contribution in [0.15, 0.2) is 12.1 Å². The molecule has 1 saturated heterocycles. The van der Waals surface area contributed by atoms with Crippen LogP contribution in [-0.2, 0) is 4.74 Å². The van der Waals surface area contributed by atoms with Crippen molar-refractivity contribution in [3.63, 3.8) is 0 Å². The average molecular weight is 227 g/mol. The van der Waals surface area contributed by atoms with Gasteiger partial charge in [0.2, 0.25) is 0 Å². The predicted molar refractivity (Wildman–Crippen MR) is 60.6 cm³/mol. The smallest absolute Gasteiger partial charge is 0.444 e. The summed E-state index contributed by atoms with van der Waals surface area (Å²) in [6, 6.07) is 0. The van der Waals surface area contributed by atoms with Crippen molar-refractivity contribution in [2.75, 3.05) is 13.1 Å². The number of hydrogen-bond donors (Lipinski definition) is 2. The van der Waals surface area contributed by atoms with Crippen LogP contribution in [0.4, 0.5) is 4.79 Å². The van der Waals surface area contributed by atoms with Gasteiger partial charge in [-0.1, -0.05) is 0 Å². The number of rotatable bonds is 2. The molecule has 0 unspecified atom stereocenters. The van der Waals surface area contributed by atoms with Gasteiger partial charge >= 0.3 is 13.2 Å². The molecule has 0 spiro atoms. The van der Waals surface area contributed by atoms with Crippen LogP contribution in [0, 0.1) is 5.92 Å². The van der Waals surface area contributed by atoms with E-state index >= 15 is 0 Å². The third-order valence-corrected chi connectivity index (χ3v) is 2.39. The second-order valence-electron chi connectivity index (χ2n) is 5.03. The summed E-state index contributed by atoms with van der Waals surface area (Å²) in [5, 5.41) is 17.8. The first-order valence-corrected chi connectivity index (χ1v) is 5.23. The molecule has 0 aromatic rings. The van der Waals surface area contributed by atoms with Gasteiger partial charge in [0.15, 0.2) is 0 Å². The van der Waals surface area contributed by atoms with Gasteiger partial charge in [0.1, 0.15) is 5.60 Å². The molecule has 0 saturated carbocycles. The topological polar surface area (TPSA) is 70.0 Å². The minimum absolute atomic E-state index is 0.0486. The second kappa shape index (κ2) is 4.47. The summed E-state index contributed by atoms with van der Waals surface area (Å²) in [4.78, 5) is 13.0. The van der Waals surface area contributed by atoms with E-state index in [1.165, 1.54) is 4.90 Å². The van der Waals surface area contributed by atoms with E-state index < -0.39 is 12.7 Å². The van der Waals surface area contributed by atoms with Gasteiger partial charge in [-0.2, -0.15) is 0 Å². The summed E-state index contributed by atoms with van der Waals surface area (Å²) in [7, 11) is -1.51. The Labute approximate surface area is 95.8 Å². The third-order valence-electron chi connectivity index (χ3n) is 2.39. The van der Waals surface area contributed by atoms with Crippen molar-refractivity contribution in [1.82, 2.24) is 4.90 Å². The minimum Gasteiger partial charge on any atom is -0.444 e. The van der Waals surface area contributed by atoms with E-state index in [4.69, 9.17) is 14.8 Å². The van der Waals surface area contributed by atoms with E-state index in [0.717, 1.165) is 0 Å². The van der Waals surface area contributed by atoms with Crippen molar-refractivity contribution in [1.29, 1.82) is 0 Å². The van der Waals surface area contributed by atoms with Crippen LogP contribution in [0.25, 0.3) is 0 Å². The highest BCUT2D eigenvalue weighted by Crippen LogP contribution is 2.24. The molecule has 1 rings (SSSR count). The van der Waals surface area contributed by atoms with E-state index in [2.05, 4.69) is 6.58 Å². The predicted octanol–water partition coefficient (Wildman–Crippen LogP) is 0.421. The Morgan fingerprint density at radius 3 is 2.31 bits per heavy atom. The number of carbonyl (C=O) groups is 1. The highest BCUT2D eigenvalue weighted by molar-refractivity contribution is 6.50. The molecule has 0 atom stereocenters. The highest BCUT2D eigenvalue weighted by Gasteiger charge is 2.37. The van der Waals surface area contributed by atoms with Gasteiger partial charge in [-0.3, -0.25) is 0 Å². The first-order valence-electron chi connectivity index (χ1n) is 5.23. The van der Waals surface area contributed by atoms with Crippen molar-refractivity contribution >= 4 is 13.2 Å². The minimum atomic E-state index is -1.51. The summed E-state index contributed by atoms with van der Waals surface area (Å²) in [5.74, 6) is -0.0486. The Bertz CT molecular complexity index is 292. The molecule has 5 nitrogen and oxygen atoms in total. The number of nitrogens with zero attached hydrogens (tertiary/aromatic N) is 1. The van der Waals surface area contributed by atoms with Gasteiger partial charge in [-0.05, 0) is 26.2 Å². The van der Waals surface area contributed by atoms with Gasteiger partial charge in [0, 0.05) is 19.0 Å². The zero-order valence-electron chi connectivity index (χ0n) is 9.93. The average Bonchev–Trinajstić information content (AvgIpc) is 1.96. The number of ether oxygens (including phenoxy) is 1. The van der Waals surface area contributed by atoms with Gasteiger partial charge in [0.05, 0.1) is 0 Å². The Morgan fingerprint density at radius 1 is 1.44 bits per heavy atom. The van der Waals surface area contributed by atoms with Crippen molar-refractivity contribution < 1.29 is 19.6 Å². The highest BCUT2D eigenvalue weighted by atomic mass is 16.6. The van der Waals surface area contributed by atoms with Crippen LogP contribution in [0.2, 0.25) is 0 Å². The second-order valence-corrected chi connectivity index (χ2v) is 5.03. The van der Waals surface area contributed by atoms with Gasteiger partial charge < -0.3 is 19.7 Å². The Hall–Kier alpha value is -1.01. The summed E-state index contributed by atoms with van der Waals surface area (Å²) in [6.45, 7) is 9.85. The molecule has 6 heteroatoms. The van der Waals surface area contributed by atoms with Crippen LogP contribution < -0.4 is 0 Å². The van der Waals surface area contributed by atoms with Crippen LogP contribution >= 0.6 is 0 Å². The first kappa shape index (κ1) is 13.1. The van der Waals surface area contributed by atoms with Crippen LogP contribution in [0.3, 0.4) is 0 Å². The maximum atomic E-state index is 11.5. The van der Waals surface area contributed by atoms with Crippen molar-refractivity contribution in [2.45, 2.75) is 26.4 Å². The number of hydrogen-bond acceptors (Lipinski definition) is 4. The molecule has 0 aromatic heterocycles. The number of likely N-dealkylation sites (tertiary alicyclic amines) is 1. The lowest BCUT2D eigenvalue weighted by molar-refractivity contribution is 0.00402. The molecule has 90 valence electrons. The maximum absolute atomic E-state index is 11.5. The standard InChI is InChI=1S/C10H18BNO4/c1-7(11(14)15)8-5-12(6-8)9(13)16-10(2,3)4/h8,14-15H,1,5-6H2,2-4H3. The lowest BCUT2D eigenvalue weighted by Gasteiger charge is -2.40. The fourth-order valence-electron chi connectivity index (χ4n) is 1.40. The van der Waals surface area contributed by atoms with E-state index in [1.54, 1.807) is 20.8 Å². The normalized spacial score (nSPS) is 16.7. The number of amides is 1. The zero-order chi connectivity index (χ0) is 12.5. The summed E-state index contributed by atoms with van der Waals surface area (Å²) >= 11 is 0. The fraction of sp³-hybridized carbons (Fsp3) is 0.700. The van der Waals surface area contributed by atoms with Gasteiger partial charge in [-0.15, -0.1) is 6.58 Å².